The Morgan fingerprint density at radius 3 is 2.50 bits per heavy atom. The highest BCUT2D eigenvalue weighted by Gasteiger charge is 2.12. The molecule has 1 unspecified atom stereocenters. The second-order valence-electron chi connectivity index (χ2n) is 5.74. The molecule has 0 saturated heterocycles. The van der Waals surface area contributed by atoms with E-state index in [1.54, 1.807) is 12.5 Å². The van der Waals surface area contributed by atoms with E-state index in [1.807, 2.05) is 53.2 Å². The number of nitrogens with zero attached hydrogens (tertiary/aromatic N) is 2. The van der Waals surface area contributed by atoms with Crippen molar-refractivity contribution in [1.82, 2.24) is 14.9 Å². The van der Waals surface area contributed by atoms with Crippen LogP contribution in [0.25, 0.3) is 5.69 Å². The van der Waals surface area contributed by atoms with Gasteiger partial charge in [0.1, 0.15) is 0 Å². The van der Waals surface area contributed by atoms with E-state index in [9.17, 15) is 4.79 Å². The van der Waals surface area contributed by atoms with Gasteiger partial charge in [-0.05, 0) is 36.2 Å². The molecule has 3 rings (SSSR count). The monoisotopic (exact) mass is 319 g/mol. The van der Waals surface area contributed by atoms with Gasteiger partial charge in [0.05, 0.1) is 6.33 Å². The lowest BCUT2D eigenvalue weighted by Crippen LogP contribution is -2.28. The van der Waals surface area contributed by atoms with Crippen LogP contribution in [0.3, 0.4) is 0 Å². The maximum atomic E-state index is 12.4. The molecule has 0 aliphatic carbocycles. The number of benzene rings is 2. The Morgan fingerprint density at radius 2 is 1.88 bits per heavy atom. The summed E-state index contributed by atoms with van der Waals surface area (Å²) >= 11 is 0. The van der Waals surface area contributed by atoms with E-state index in [1.165, 1.54) is 5.56 Å². The van der Waals surface area contributed by atoms with Gasteiger partial charge >= 0.3 is 0 Å². The van der Waals surface area contributed by atoms with E-state index < -0.39 is 0 Å². The number of rotatable bonds is 6. The van der Waals surface area contributed by atoms with Crippen molar-refractivity contribution in [3.05, 3.63) is 84.4 Å². The number of amides is 1. The standard InChI is InChI=1S/C20H21N3O/c1-2-16(17-6-4-3-5-7-17)14-22-20(24)18-8-10-19(11-9-18)23-13-12-21-15-23/h3-13,15-16H,2,14H2,1H3,(H,22,24). The van der Waals surface area contributed by atoms with E-state index in [4.69, 9.17) is 0 Å². The topological polar surface area (TPSA) is 46.9 Å². The average molecular weight is 319 g/mol. The van der Waals surface area contributed by atoms with Crippen LogP contribution < -0.4 is 5.32 Å². The van der Waals surface area contributed by atoms with Gasteiger partial charge in [0.25, 0.3) is 5.91 Å². The van der Waals surface area contributed by atoms with Crippen molar-refractivity contribution in [3.63, 3.8) is 0 Å². The maximum Gasteiger partial charge on any atom is 0.251 e. The van der Waals surface area contributed by atoms with Crippen LogP contribution in [0.4, 0.5) is 0 Å². The van der Waals surface area contributed by atoms with E-state index in [0.29, 0.717) is 18.0 Å². The van der Waals surface area contributed by atoms with Gasteiger partial charge in [0.15, 0.2) is 0 Å². The highest BCUT2D eigenvalue weighted by Crippen LogP contribution is 2.18. The largest absolute Gasteiger partial charge is 0.351 e. The second kappa shape index (κ2) is 7.59. The minimum absolute atomic E-state index is 0.0402. The Labute approximate surface area is 142 Å². The van der Waals surface area contributed by atoms with Gasteiger partial charge in [0, 0.05) is 36.1 Å². The third-order valence-electron chi connectivity index (χ3n) is 4.20. The molecule has 1 N–H and O–H groups in total. The van der Waals surface area contributed by atoms with E-state index in [-0.39, 0.29) is 5.91 Å². The fraction of sp³-hybridized carbons (Fsp3) is 0.200. The number of aromatic nitrogens is 2. The van der Waals surface area contributed by atoms with Crippen molar-refractivity contribution < 1.29 is 4.79 Å². The van der Waals surface area contributed by atoms with Gasteiger partial charge in [-0.15, -0.1) is 0 Å². The maximum absolute atomic E-state index is 12.4. The second-order valence-corrected chi connectivity index (χ2v) is 5.74. The summed E-state index contributed by atoms with van der Waals surface area (Å²) in [6, 6.07) is 17.8. The molecule has 0 saturated carbocycles. The fourth-order valence-corrected chi connectivity index (χ4v) is 2.74. The summed E-state index contributed by atoms with van der Waals surface area (Å²) < 4.78 is 1.91. The summed E-state index contributed by atoms with van der Waals surface area (Å²) in [6.07, 6.45) is 6.33. The van der Waals surface area contributed by atoms with Gasteiger partial charge in [-0.1, -0.05) is 37.3 Å². The van der Waals surface area contributed by atoms with Crippen molar-refractivity contribution in [1.29, 1.82) is 0 Å². The minimum Gasteiger partial charge on any atom is -0.351 e. The van der Waals surface area contributed by atoms with E-state index in [0.717, 1.165) is 12.1 Å². The van der Waals surface area contributed by atoms with Crippen molar-refractivity contribution in [2.75, 3.05) is 6.54 Å². The lowest BCUT2D eigenvalue weighted by Gasteiger charge is -2.16. The molecule has 0 aliphatic rings. The first-order chi connectivity index (χ1) is 11.8. The van der Waals surface area contributed by atoms with E-state index >= 15 is 0 Å². The first-order valence-electron chi connectivity index (χ1n) is 8.19. The van der Waals surface area contributed by atoms with Crippen molar-refractivity contribution in [2.45, 2.75) is 19.3 Å². The molecule has 0 aliphatic heterocycles. The van der Waals surface area contributed by atoms with Gasteiger partial charge in [0.2, 0.25) is 0 Å². The molecule has 24 heavy (non-hydrogen) atoms. The van der Waals surface area contributed by atoms with Crippen LogP contribution in [-0.4, -0.2) is 22.0 Å². The van der Waals surface area contributed by atoms with Crippen molar-refractivity contribution in [3.8, 4) is 5.69 Å². The summed E-state index contributed by atoms with van der Waals surface area (Å²) in [6.45, 7) is 2.78. The van der Waals surface area contributed by atoms with Gasteiger partial charge in [-0.2, -0.15) is 0 Å². The van der Waals surface area contributed by atoms with Crippen LogP contribution in [0.5, 0.6) is 0 Å². The normalized spacial score (nSPS) is 11.9. The highest BCUT2D eigenvalue weighted by molar-refractivity contribution is 5.94. The lowest BCUT2D eigenvalue weighted by molar-refractivity contribution is 0.0951. The molecule has 4 nitrogen and oxygen atoms in total. The molecule has 0 spiro atoms. The number of carbonyl (C=O) groups excluding carboxylic acids is 1. The Morgan fingerprint density at radius 1 is 1.12 bits per heavy atom. The van der Waals surface area contributed by atoms with Gasteiger partial charge in [-0.3, -0.25) is 4.79 Å². The molecule has 0 fully saturated rings. The Hall–Kier alpha value is -2.88. The van der Waals surface area contributed by atoms with Crippen molar-refractivity contribution in [2.24, 2.45) is 0 Å². The molecular weight excluding hydrogens is 298 g/mol. The Kier molecular flexibility index (Phi) is 5.06. The summed E-state index contributed by atoms with van der Waals surface area (Å²) in [5, 5.41) is 3.04. The quantitative estimate of drug-likeness (QED) is 0.751. The minimum atomic E-state index is -0.0402. The first kappa shape index (κ1) is 16.0. The molecule has 4 heteroatoms. The molecule has 1 atom stereocenters. The summed E-state index contributed by atoms with van der Waals surface area (Å²) in [5.41, 5.74) is 2.91. The molecule has 122 valence electrons. The van der Waals surface area contributed by atoms with Crippen LogP contribution in [-0.2, 0) is 0 Å². The highest BCUT2D eigenvalue weighted by atomic mass is 16.1. The summed E-state index contributed by atoms with van der Waals surface area (Å²) in [4.78, 5) is 16.4. The molecule has 0 radical (unpaired) electrons. The first-order valence-corrected chi connectivity index (χ1v) is 8.19. The molecular formula is C20H21N3O. The summed E-state index contributed by atoms with van der Waals surface area (Å²) in [5.74, 6) is 0.293. The number of hydrogen-bond acceptors (Lipinski definition) is 2. The third-order valence-corrected chi connectivity index (χ3v) is 4.20. The van der Waals surface area contributed by atoms with Crippen LogP contribution in [0.2, 0.25) is 0 Å². The summed E-state index contributed by atoms with van der Waals surface area (Å²) in [7, 11) is 0. The van der Waals surface area contributed by atoms with Crippen LogP contribution in [0.15, 0.2) is 73.3 Å². The number of hydrogen-bond donors (Lipinski definition) is 1. The van der Waals surface area contributed by atoms with Crippen LogP contribution in [0.1, 0.15) is 35.2 Å². The average Bonchev–Trinajstić information content (AvgIpc) is 3.18. The number of nitrogens with one attached hydrogen (secondary N) is 1. The molecule has 1 amide bonds. The smallest absolute Gasteiger partial charge is 0.251 e. The zero-order valence-electron chi connectivity index (χ0n) is 13.7. The number of carbonyl (C=O) groups is 1. The predicted octanol–water partition coefficient (Wildman–Crippen LogP) is 3.80. The molecule has 1 aromatic heterocycles. The molecule has 0 bridgehead atoms. The Bertz CT molecular complexity index is 764. The zero-order valence-corrected chi connectivity index (χ0v) is 13.7. The Balaban J connectivity index is 1.62. The SMILES string of the molecule is CCC(CNC(=O)c1ccc(-n2ccnc2)cc1)c1ccccc1. The van der Waals surface area contributed by atoms with Gasteiger partial charge in [-0.25, -0.2) is 4.98 Å². The fourth-order valence-electron chi connectivity index (χ4n) is 2.74. The predicted molar refractivity (Wildman–Crippen MR) is 95.4 cm³/mol. The van der Waals surface area contributed by atoms with Crippen LogP contribution in [0, 0.1) is 0 Å². The zero-order chi connectivity index (χ0) is 16.8. The number of imidazole rings is 1. The van der Waals surface area contributed by atoms with E-state index in [2.05, 4.69) is 29.4 Å². The van der Waals surface area contributed by atoms with Crippen molar-refractivity contribution >= 4 is 5.91 Å². The molecule has 1 heterocycles. The van der Waals surface area contributed by atoms with Gasteiger partial charge < -0.3 is 9.88 Å². The third kappa shape index (κ3) is 3.71. The lowest BCUT2D eigenvalue weighted by atomic mass is 9.96. The van der Waals surface area contributed by atoms with Crippen LogP contribution >= 0.6 is 0 Å². The molecule has 3 aromatic rings. The molecule has 2 aromatic carbocycles.